The molecule has 28 heavy (non-hydrogen) atoms. The first-order valence-corrected chi connectivity index (χ1v) is 11.5. The van der Waals surface area contributed by atoms with E-state index in [9.17, 15) is 4.79 Å². The molecule has 0 radical (unpaired) electrons. The Labute approximate surface area is 170 Å². The molecular formula is C22H28N4OS. The third-order valence-corrected chi connectivity index (χ3v) is 8.07. The van der Waals surface area contributed by atoms with Crippen molar-refractivity contribution in [3.05, 3.63) is 30.3 Å². The van der Waals surface area contributed by atoms with Gasteiger partial charge < -0.3 is 5.32 Å². The first-order valence-electron chi connectivity index (χ1n) is 10.5. The largest absolute Gasteiger partial charge is 0.352 e. The van der Waals surface area contributed by atoms with Gasteiger partial charge >= 0.3 is 0 Å². The molecular weight excluding hydrogens is 368 g/mol. The minimum absolute atomic E-state index is 0.0966. The molecule has 4 bridgehead atoms. The van der Waals surface area contributed by atoms with E-state index in [0.717, 1.165) is 29.1 Å². The van der Waals surface area contributed by atoms with E-state index in [4.69, 9.17) is 0 Å². The molecule has 2 aromatic rings. The number of thioether (sulfide) groups is 1. The van der Waals surface area contributed by atoms with Gasteiger partial charge in [-0.2, -0.15) is 0 Å². The van der Waals surface area contributed by atoms with E-state index in [0.29, 0.717) is 16.3 Å². The van der Waals surface area contributed by atoms with Crippen molar-refractivity contribution < 1.29 is 4.79 Å². The summed E-state index contributed by atoms with van der Waals surface area (Å²) >= 11 is 1.40. The quantitative estimate of drug-likeness (QED) is 0.715. The first-order chi connectivity index (χ1) is 13.6. The zero-order chi connectivity index (χ0) is 19.1. The summed E-state index contributed by atoms with van der Waals surface area (Å²) in [5.74, 6) is 3.92. The van der Waals surface area contributed by atoms with Crippen LogP contribution < -0.4 is 5.32 Å². The van der Waals surface area contributed by atoms with E-state index < -0.39 is 0 Å². The molecule has 6 rings (SSSR count). The Morgan fingerprint density at radius 1 is 1.18 bits per heavy atom. The van der Waals surface area contributed by atoms with Crippen LogP contribution in [0.2, 0.25) is 0 Å². The third-order valence-electron chi connectivity index (χ3n) is 7.23. The van der Waals surface area contributed by atoms with Gasteiger partial charge in [0.15, 0.2) is 5.82 Å². The molecule has 148 valence electrons. The second-order valence-electron chi connectivity index (χ2n) is 9.19. The van der Waals surface area contributed by atoms with E-state index in [-0.39, 0.29) is 11.9 Å². The van der Waals surface area contributed by atoms with Crippen molar-refractivity contribution in [3.63, 3.8) is 0 Å². The van der Waals surface area contributed by atoms with Crippen LogP contribution in [0.3, 0.4) is 0 Å². The Balaban J connectivity index is 1.17. The highest BCUT2D eigenvalue weighted by Crippen LogP contribution is 2.61. The average molecular weight is 397 g/mol. The minimum atomic E-state index is 0.0966. The van der Waals surface area contributed by atoms with Crippen molar-refractivity contribution in [1.29, 1.82) is 0 Å². The number of carbonyl (C=O) groups is 1. The third kappa shape index (κ3) is 3.47. The number of carbonyl (C=O) groups excluding carboxylic acids is 1. The molecule has 4 aliphatic carbocycles. The lowest BCUT2D eigenvalue weighted by molar-refractivity contribution is -0.123. The van der Waals surface area contributed by atoms with Gasteiger partial charge in [-0.05, 0) is 68.6 Å². The summed E-state index contributed by atoms with van der Waals surface area (Å²) in [5.41, 5.74) is 1.35. The molecule has 4 fully saturated rings. The van der Waals surface area contributed by atoms with Crippen LogP contribution in [0.25, 0.3) is 11.4 Å². The van der Waals surface area contributed by atoms with Crippen molar-refractivity contribution in [2.24, 2.45) is 23.2 Å². The number of nitrogens with zero attached hydrogens (tertiary/aromatic N) is 2. The molecule has 0 unspecified atom stereocenters. The number of aromatic nitrogens is 3. The number of amides is 1. The fraction of sp³-hybridized carbons (Fsp3) is 0.591. The normalized spacial score (nSPS) is 31.7. The summed E-state index contributed by atoms with van der Waals surface area (Å²) < 4.78 is 0. The second-order valence-corrected chi connectivity index (χ2v) is 10.1. The van der Waals surface area contributed by atoms with Gasteiger partial charge in [-0.1, -0.05) is 42.1 Å². The van der Waals surface area contributed by atoms with Crippen molar-refractivity contribution in [2.75, 3.05) is 5.75 Å². The highest BCUT2D eigenvalue weighted by atomic mass is 32.2. The Morgan fingerprint density at radius 2 is 1.82 bits per heavy atom. The van der Waals surface area contributed by atoms with Crippen LogP contribution in [0.5, 0.6) is 0 Å². The van der Waals surface area contributed by atoms with Crippen LogP contribution in [0.1, 0.15) is 45.4 Å². The molecule has 1 aromatic heterocycles. The molecule has 5 nitrogen and oxygen atoms in total. The lowest BCUT2D eigenvalue weighted by Crippen LogP contribution is -2.56. The van der Waals surface area contributed by atoms with Gasteiger partial charge in [-0.3, -0.25) is 9.89 Å². The smallest absolute Gasteiger partial charge is 0.230 e. The first kappa shape index (κ1) is 18.2. The summed E-state index contributed by atoms with van der Waals surface area (Å²) in [4.78, 5) is 17.1. The number of hydrogen-bond donors (Lipinski definition) is 2. The van der Waals surface area contributed by atoms with Crippen molar-refractivity contribution in [1.82, 2.24) is 20.5 Å². The minimum Gasteiger partial charge on any atom is -0.352 e. The Bertz CT molecular complexity index is 814. The maximum absolute atomic E-state index is 12.6. The molecule has 1 aromatic carbocycles. The highest BCUT2D eigenvalue weighted by Gasteiger charge is 2.53. The molecule has 4 saturated carbocycles. The van der Waals surface area contributed by atoms with Gasteiger partial charge in [0, 0.05) is 11.6 Å². The standard InChI is InChI=1S/C22H28N4OS/c1-14(22-10-15-7-16(11-22)9-17(8-15)12-22)23-19(27)13-28-21-24-20(25-26-21)18-5-3-2-4-6-18/h2-6,14-17H,7-13H2,1H3,(H,23,27)(H,24,25,26)/t14-,15?,16?,17?,22?/m0/s1. The lowest BCUT2D eigenvalue weighted by Gasteiger charge is -2.59. The Hall–Kier alpha value is -1.82. The second kappa shape index (κ2) is 7.21. The predicted octanol–water partition coefficient (Wildman–Crippen LogP) is 4.28. The molecule has 6 heteroatoms. The molecule has 2 N–H and O–H groups in total. The molecule has 1 amide bonds. The van der Waals surface area contributed by atoms with Gasteiger partial charge in [0.05, 0.1) is 5.75 Å². The van der Waals surface area contributed by atoms with Crippen LogP contribution in [0, 0.1) is 23.2 Å². The van der Waals surface area contributed by atoms with Crippen LogP contribution in [-0.4, -0.2) is 32.9 Å². The zero-order valence-electron chi connectivity index (χ0n) is 16.4. The van der Waals surface area contributed by atoms with Crippen molar-refractivity contribution >= 4 is 17.7 Å². The zero-order valence-corrected chi connectivity index (χ0v) is 17.2. The predicted molar refractivity (Wildman–Crippen MR) is 111 cm³/mol. The summed E-state index contributed by atoms with van der Waals surface area (Å²) in [6.07, 6.45) is 8.25. The highest BCUT2D eigenvalue weighted by molar-refractivity contribution is 7.99. The fourth-order valence-electron chi connectivity index (χ4n) is 6.31. The number of rotatable bonds is 6. The number of aromatic amines is 1. The van der Waals surface area contributed by atoms with E-state index in [2.05, 4.69) is 27.4 Å². The average Bonchev–Trinajstić information content (AvgIpc) is 3.15. The summed E-state index contributed by atoms with van der Waals surface area (Å²) in [5, 5.41) is 11.1. The molecule has 0 spiro atoms. The van der Waals surface area contributed by atoms with E-state index in [1.165, 1.54) is 50.3 Å². The summed E-state index contributed by atoms with van der Waals surface area (Å²) in [6.45, 7) is 2.23. The molecule has 0 aliphatic heterocycles. The van der Waals surface area contributed by atoms with Crippen molar-refractivity contribution in [3.8, 4) is 11.4 Å². The number of nitrogens with one attached hydrogen (secondary N) is 2. The van der Waals surface area contributed by atoms with Crippen LogP contribution in [-0.2, 0) is 4.79 Å². The molecule has 0 saturated heterocycles. The van der Waals surface area contributed by atoms with Gasteiger partial charge in [-0.15, -0.1) is 5.10 Å². The van der Waals surface area contributed by atoms with Gasteiger partial charge in [0.2, 0.25) is 11.1 Å². The van der Waals surface area contributed by atoms with E-state index in [1.54, 1.807) is 0 Å². The molecule has 1 heterocycles. The Kier molecular flexibility index (Phi) is 4.69. The van der Waals surface area contributed by atoms with E-state index in [1.807, 2.05) is 30.3 Å². The Morgan fingerprint density at radius 3 is 2.46 bits per heavy atom. The number of H-pyrrole nitrogens is 1. The maximum Gasteiger partial charge on any atom is 0.230 e. The SMILES string of the molecule is C[C@H](NC(=O)CSc1n[nH]c(-c2ccccc2)n1)C12CC3CC(CC(C3)C1)C2. The monoisotopic (exact) mass is 396 g/mol. The number of benzene rings is 1. The van der Waals surface area contributed by atoms with Crippen LogP contribution in [0.15, 0.2) is 35.5 Å². The molecule has 4 aliphatic rings. The van der Waals surface area contributed by atoms with Gasteiger partial charge in [-0.25, -0.2) is 4.98 Å². The lowest BCUT2D eigenvalue weighted by atomic mass is 9.48. The van der Waals surface area contributed by atoms with Gasteiger partial charge in [0.25, 0.3) is 0 Å². The molecule has 1 atom stereocenters. The topological polar surface area (TPSA) is 70.7 Å². The maximum atomic E-state index is 12.6. The van der Waals surface area contributed by atoms with E-state index >= 15 is 0 Å². The van der Waals surface area contributed by atoms with Crippen molar-refractivity contribution in [2.45, 2.75) is 56.6 Å². The summed E-state index contributed by atoms with van der Waals surface area (Å²) in [7, 11) is 0. The number of hydrogen-bond acceptors (Lipinski definition) is 4. The van der Waals surface area contributed by atoms with Gasteiger partial charge in [0.1, 0.15) is 0 Å². The van der Waals surface area contributed by atoms with Crippen LogP contribution >= 0.6 is 11.8 Å². The fourth-order valence-corrected chi connectivity index (χ4v) is 6.92. The van der Waals surface area contributed by atoms with Crippen LogP contribution in [0.4, 0.5) is 0 Å². The summed E-state index contributed by atoms with van der Waals surface area (Å²) in [6, 6.07) is 10.2.